The standard InChI is InChI=1S/C33H35ClN4O6S/c1-19-28(32(39)43-3)30(21-7-6-8-23(17-21)38(41)42)29(20(2)36-19)33(40)44-14-16-45-15-13-35-31-24-9-4-5-10-26(24)37-27-18-22(34)11-12-25(27)31/h6-8,11-12,17-18,30,36H,4-5,9-10,13-16H2,1-3H3,(H,35,37). The van der Waals surface area contributed by atoms with Crippen LogP contribution in [0.3, 0.4) is 0 Å². The average Bonchev–Trinajstić information content (AvgIpc) is 3.02. The molecule has 1 aromatic heterocycles. The third-order valence-electron chi connectivity index (χ3n) is 8.03. The first-order valence-electron chi connectivity index (χ1n) is 14.8. The molecule has 3 aromatic rings. The summed E-state index contributed by atoms with van der Waals surface area (Å²) in [6, 6.07) is 11.7. The van der Waals surface area contributed by atoms with Gasteiger partial charge >= 0.3 is 11.9 Å². The Labute approximate surface area is 270 Å². The van der Waals surface area contributed by atoms with Crippen LogP contribution >= 0.6 is 23.4 Å². The lowest BCUT2D eigenvalue weighted by Gasteiger charge is -2.30. The van der Waals surface area contributed by atoms with Gasteiger partial charge in [0.25, 0.3) is 5.69 Å². The van der Waals surface area contributed by atoms with E-state index in [1.165, 1.54) is 30.9 Å². The van der Waals surface area contributed by atoms with E-state index in [-0.39, 0.29) is 23.4 Å². The maximum absolute atomic E-state index is 13.5. The molecule has 1 aliphatic heterocycles. The normalized spacial score (nSPS) is 16.2. The molecule has 2 aromatic carbocycles. The topological polar surface area (TPSA) is 133 Å². The lowest BCUT2D eigenvalue weighted by Crippen LogP contribution is -2.32. The molecule has 2 aliphatic rings. The number of dihydropyridines is 1. The number of benzene rings is 2. The van der Waals surface area contributed by atoms with Gasteiger partial charge in [-0.1, -0.05) is 23.7 Å². The fourth-order valence-electron chi connectivity index (χ4n) is 6.02. The number of aryl methyl sites for hydroxylation is 1. The molecule has 0 amide bonds. The Hall–Kier alpha value is -4.09. The van der Waals surface area contributed by atoms with Gasteiger partial charge in [0.1, 0.15) is 6.61 Å². The first-order chi connectivity index (χ1) is 21.7. The Kier molecular flexibility index (Phi) is 10.3. The van der Waals surface area contributed by atoms with Gasteiger partial charge in [0.05, 0.1) is 34.6 Å². The monoisotopic (exact) mass is 650 g/mol. The van der Waals surface area contributed by atoms with E-state index >= 15 is 0 Å². The third-order valence-corrected chi connectivity index (χ3v) is 9.22. The van der Waals surface area contributed by atoms with Crippen LogP contribution in [0.1, 0.15) is 49.4 Å². The van der Waals surface area contributed by atoms with Gasteiger partial charge in [-0.05, 0) is 68.9 Å². The van der Waals surface area contributed by atoms with E-state index in [9.17, 15) is 19.7 Å². The van der Waals surface area contributed by atoms with Gasteiger partial charge in [0, 0.05) is 63.4 Å². The molecular weight excluding hydrogens is 616 g/mol. The molecule has 236 valence electrons. The number of halogens is 1. The summed E-state index contributed by atoms with van der Waals surface area (Å²) in [5.74, 6) is -0.768. The van der Waals surface area contributed by atoms with Crippen molar-refractivity contribution in [1.82, 2.24) is 10.3 Å². The molecule has 0 bridgehead atoms. The summed E-state index contributed by atoms with van der Waals surface area (Å²) in [5, 5.41) is 19.9. The molecule has 1 unspecified atom stereocenters. The van der Waals surface area contributed by atoms with Crippen LogP contribution in [-0.4, -0.2) is 53.6 Å². The molecule has 2 N–H and O–H groups in total. The van der Waals surface area contributed by atoms with Crippen LogP contribution in [0.2, 0.25) is 5.02 Å². The van der Waals surface area contributed by atoms with Crippen molar-refractivity contribution in [3.8, 4) is 0 Å². The summed E-state index contributed by atoms with van der Waals surface area (Å²) in [6.45, 7) is 4.30. The minimum Gasteiger partial charge on any atom is -0.466 e. The second-order valence-corrected chi connectivity index (χ2v) is 12.6. The minimum atomic E-state index is -0.890. The van der Waals surface area contributed by atoms with Crippen LogP contribution in [0.4, 0.5) is 11.4 Å². The van der Waals surface area contributed by atoms with Gasteiger partial charge in [-0.15, -0.1) is 0 Å². The Bertz CT molecular complexity index is 1720. The highest BCUT2D eigenvalue weighted by atomic mass is 35.5. The SMILES string of the molecule is COC(=O)C1=C(C)NC(C)=C(C(=O)OCCSCCNc2c3c(nc4cc(Cl)ccc24)CCCC3)C1c1cccc([N+](=O)[O-])c1. The summed E-state index contributed by atoms with van der Waals surface area (Å²) in [4.78, 5) is 42.2. The van der Waals surface area contributed by atoms with Crippen molar-refractivity contribution in [3.05, 3.63) is 97.0 Å². The molecule has 45 heavy (non-hydrogen) atoms. The lowest BCUT2D eigenvalue weighted by molar-refractivity contribution is -0.384. The van der Waals surface area contributed by atoms with E-state index < -0.39 is 22.8 Å². The number of hydrogen-bond donors (Lipinski definition) is 2. The highest BCUT2D eigenvalue weighted by molar-refractivity contribution is 7.99. The molecule has 1 aliphatic carbocycles. The number of nitrogens with zero attached hydrogens (tertiary/aromatic N) is 2. The lowest BCUT2D eigenvalue weighted by atomic mass is 9.80. The van der Waals surface area contributed by atoms with Gasteiger partial charge in [0.15, 0.2) is 0 Å². The summed E-state index contributed by atoms with van der Waals surface area (Å²) in [7, 11) is 1.25. The number of non-ortho nitro benzene ring substituents is 1. The molecule has 10 nitrogen and oxygen atoms in total. The van der Waals surface area contributed by atoms with Crippen molar-refractivity contribution in [2.24, 2.45) is 0 Å². The van der Waals surface area contributed by atoms with Gasteiger partial charge in [-0.2, -0.15) is 11.8 Å². The highest BCUT2D eigenvalue weighted by Crippen LogP contribution is 2.40. The van der Waals surface area contributed by atoms with E-state index in [1.807, 2.05) is 18.2 Å². The number of methoxy groups -OCH3 is 1. The van der Waals surface area contributed by atoms with Crippen LogP contribution < -0.4 is 10.6 Å². The average molecular weight is 651 g/mol. The maximum atomic E-state index is 13.5. The zero-order valence-corrected chi connectivity index (χ0v) is 27.0. The number of pyridine rings is 1. The number of carbonyl (C=O) groups excluding carboxylic acids is 2. The zero-order chi connectivity index (χ0) is 32.1. The van der Waals surface area contributed by atoms with Crippen LogP contribution in [0.25, 0.3) is 10.9 Å². The van der Waals surface area contributed by atoms with Crippen LogP contribution in [0.5, 0.6) is 0 Å². The Morgan fingerprint density at radius 1 is 1.09 bits per heavy atom. The van der Waals surface area contributed by atoms with Gasteiger partial charge in [-0.25, -0.2) is 9.59 Å². The van der Waals surface area contributed by atoms with Crippen LogP contribution in [0.15, 0.2) is 65.0 Å². The first kappa shape index (κ1) is 32.3. The molecule has 2 heterocycles. The number of nitro benzene ring substituents is 1. The second-order valence-electron chi connectivity index (χ2n) is 10.9. The maximum Gasteiger partial charge on any atom is 0.336 e. The Morgan fingerprint density at radius 2 is 1.84 bits per heavy atom. The quantitative estimate of drug-likeness (QED) is 0.103. The second kappa shape index (κ2) is 14.3. The number of ether oxygens (including phenoxy) is 2. The van der Waals surface area contributed by atoms with Crippen molar-refractivity contribution < 1.29 is 24.0 Å². The van der Waals surface area contributed by atoms with Gasteiger partial charge in [-0.3, -0.25) is 15.1 Å². The molecule has 0 spiro atoms. The zero-order valence-electron chi connectivity index (χ0n) is 25.4. The van der Waals surface area contributed by atoms with E-state index in [0.717, 1.165) is 60.3 Å². The van der Waals surface area contributed by atoms with Crippen LogP contribution in [0, 0.1) is 10.1 Å². The minimum absolute atomic E-state index is 0.146. The van der Waals surface area contributed by atoms with Crippen molar-refractivity contribution >= 4 is 57.6 Å². The Morgan fingerprint density at radius 3 is 2.60 bits per heavy atom. The number of anilines is 1. The number of hydrogen-bond acceptors (Lipinski definition) is 10. The fraction of sp³-hybridized carbons (Fsp3) is 0.364. The number of nitrogens with one attached hydrogen (secondary N) is 2. The van der Waals surface area contributed by atoms with Gasteiger partial charge < -0.3 is 20.1 Å². The molecule has 0 radical (unpaired) electrons. The van der Waals surface area contributed by atoms with E-state index in [1.54, 1.807) is 31.7 Å². The molecule has 0 saturated carbocycles. The number of thioether (sulfide) groups is 1. The van der Waals surface area contributed by atoms with E-state index in [4.69, 9.17) is 26.1 Å². The van der Waals surface area contributed by atoms with Crippen molar-refractivity contribution in [2.45, 2.75) is 45.4 Å². The van der Waals surface area contributed by atoms with E-state index in [2.05, 4.69) is 10.6 Å². The first-order valence-corrected chi connectivity index (χ1v) is 16.3. The summed E-state index contributed by atoms with van der Waals surface area (Å²) in [5.41, 5.74) is 6.15. The number of fused-ring (bicyclic) bond motifs is 2. The molecular formula is C33H35ClN4O6S. The van der Waals surface area contributed by atoms with Crippen molar-refractivity contribution in [3.63, 3.8) is 0 Å². The van der Waals surface area contributed by atoms with Gasteiger partial charge in [0.2, 0.25) is 0 Å². The Balaban J connectivity index is 1.22. The molecule has 0 saturated heterocycles. The summed E-state index contributed by atoms with van der Waals surface area (Å²) < 4.78 is 10.7. The number of allylic oxidation sites excluding steroid dienone is 2. The molecule has 1 atom stereocenters. The number of aromatic nitrogens is 1. The third kappa shape index (κ3) is 7.10. The number of nitro groups is 1. The van der Waals surface area contributed by atoms with Crippen LogP contribution in [-0.2, 0) is 31.9 Å². The smallest absolute Gasteiger partial charge is 0.336 e. The number of rotatable bonds is 11. The van der Waals surface area contributed by atoms with Crippen molar-refractivity contribution in [1.29, 1.82) is 0 Å². The summed E-state index contributed by atoms with van der Waals surface area (Å²) in [6.07, 6.45) is 4.25. The molecule has 5 rings (SSSR count). The predicted molar refractivity (Wildman–Crippen MR) is 177 cm³/mol. The largest absolute Gasteiger partial charge is 0.466 e. The molecule has 12 heteroatoms. The number of carbonyl (C=O) groups is 2. The fourth-order valence-corrected chi connectivity index (χ4v) is 6.84. The predicted octanol–water partition coefficient (Wildman–Crippen LogP) is 6.47. The highest BCUT2D eigenvalue weighted by Gasteiger charge is 2.38. The van der Waals surface area contributed by atoms with E-state index in [0.29, 0.717) is 27.7 Å². The summed E-state index contributed by atoms with van der Waals surface area (Å²) >= 11 is 7.90. The number of esters is 2. The molecule has 0 fully saturated rings. The van der Waals surface area contributed by atoms with Crippen molar-refractivity contribution in [2.75, 3.05) is 37.1 Å².